The summed E-state index contributed by atoms with van der Waals surface area (Å²) in [5.41, 5.74) is 2.71. The van der Waals surface area contributed by atoms with Crippen LogP contribution in [0.1, 0.15) is 44.7 Å². The molecule has 1 saturated heterocycles. The lowest BCUT2D eigenvalue weighted by Crippen LogP contribution is -2.47. The summed E-state index contributed by atoms with van der Waals surface area (Å²) in [6, 6.07) is 17.6. The van der Waals surface area contributed by atoms with Gasteiger partial charge in [-0.2, -0.15) is 0 Å². The number of ether oxygens (including phenoxy) is 1. The van der Waals surface area contributed by atoms with E-state index in [2.05, 4.69) is 22.1 Å². The predicted octanol–water partition coefficient (Wildman–Crippen LogP) is 5.52. The largest absolute Gasteiger partial charge is 0.444 e. The Kier molecular flexibility index (Phi) is 7.12. The highest BCUT2D eigenvalue weighted by atomic mass is 35.5. The molecule has 36 heavy (non-hydrogen) atoms. The molecule has 0 bridgehead atoms. The molecule has 1 aromatic heterocycles. The van der Waals surface area contributed by atoms with E-state index in [0.717, 1.165) is 35.8 Å². The number of sulfone groups is 1. The van der Waals surface area contributed by atoms with Gasteiger partial charge in [-0.15, -0.1) is 0 Å². The van der Waals surface area contributed by atoms with Gasteiger partial charge in [0.15, 0.2) is 0 Å². The van der Waals surface area contributed by atoms with Crippen molar-refractivity contribution in [1.29, 1.82) is 0 Å². The van der Waals surface area contributed by atoms with Gasteiger partial charge in [0.2, 0.25) is 15.0 Å². The lowest BCUT2D eigenvalue weighted by Gasteiger charge is -2.43. The van der Waals surface area contributed by atoms with Gasteiger partial charge >= 0.3 is 6.09 Å². The molecule has 2 aromatic carbocycles. The van der Waals surface area contributed by atoms with Crippen LogP contribution in [0, 0.1) is 0 Å². The fraction of sp³-hybridized carbons (Fsp3) is 0.370. The number of rotatable bonds is 4. The summed E-state index contributed by atoms with van der Waals surface area (Å²) in [7, 11) is -3.51. The minimum Gasteiger partial charge on any atom is -0.444 e. The molecule has 2 heterocycles. The SMILES string of the molecule is CC(C)(C)OC(=O)N1CCC(c2ccc(Cl)cc2)(c2ccc(-c3ccnc(S(C)(=O)=O)n3)cc2)CC1. The summed E-state index contributed by atoms with van der Waals surface area (Å²) in [4.78, 5) is 22.5. The average Bonchev–Trinajstić information content (AvgIpc) is 2.83. The van der Waals surface area contributed by atoms with Crippen molar-refractivity contribution in [2.75, 3.05) is 19.3 Å². The summed E-state index contributed by atoms with van der Waals surface area (Å²) < 4.78 is 29.3. The van der Waals surface area contributed by atoms with Crippen LogP contribution in [0.3, 0.4) is 0 Å². The summed E-state index contributed by atoms with van der Waals surface area (Å²) in [6.45, 7) is 6.71. The number of halogens is 1. The fourth-order valence-electron chi connectivity index (χ4n) is 4.55. The normalized spacial score (nSPS) is 16.0. The Morgan fingerprint density at radius 3 is 2.06 bits per heavy atom. The molecule has 1 fully saturated rings. The number of benzene rings is 2. The van der Waals surface area contributed by atoms with Gasteiger partial charge in [0.05, 0.1) is 5.69 Å². The zero-order chi connectivity index (χ0) is 26.1. The molecule has 1 amide bonds. The molecule has 190 valence electrons. The Bertz CT molecular complexity index is 1340. The number of piperidine rings is 1. The first-order valence-corrected chi connectivity index (χ1v) is 14.0. The number of aromatic nitrogens is 2. The molecule has 1 aliphatic heterocycles. The molecule has 4 rings (SSSR count). The van der Waals surface area contributed by atoms with Crippen molar-refractivity contribution in [3.63, 3.8) is 0 Å². The zero-order valence-electron chi connectivity index (χ0n) is 20.9. The Morgan fingerprint density at radius 2 is 1.53 bits per heavy atom. The maximum atomic E-state index is 12.7. The lowest BCUT2D eigenvalue weighted by molar-refractivity contribution is 0.0180. The molecule has 1 aliphatic rings. The summed E-state index contributed by atoms with van der Waals surface area (Å²) in [5.74, 6) is 0. The third-order valence-corrected chi connectivity index (χ3v) is 7.48. The minimum atomic E-state index is -3.51. The Balaban J connectivity index is 1.66. The predicted molar refractivity (Wildman–Crippen MR) is 140 cm³/mol. The molecule has 0 N–H and O–H groups in total. The highest BCUT2D eigenvalue weighted by Gasteiger charge is 2.40. The van der Waals surface area contributed by atoms with E-state index in [1.54, 1.807) is 11.0 Å². The van der Waals surface area contributed by atoms with Crippen LogP contribution in [0.4, 0.5) is 4.79 Å². The Labute approximate surface area is 217 Å². The molecular formula is C27H30ClN3O4S. The highest BCUT2D eigenvalue weighted by molar-refractivity contribution is 7.90. The maximum Gasteiger partial charge on any atom is 0.410 e. The standard InChI is InChI=1S/C27H30ClN3O4S/c1-26(2,3)35-25(32)31-17-14-27(15-18-31,21-9-11-22(28)12-10-21)20-7-5-19(6-8-20)23-13-16-29-24(30-23)36(4,33)34/h5-13,16H,14-15,17-18H2,1-4H3. The van der Waals surface area contributed by atoms with E-state index in [0.29, 0.717) is 23.8 Å². The Hall–Kier alpha value is -2.97. The van der Waals surface area contributed by atoms with Crippen LogP contribution >= 0.6 is 11.6 Å². The van der Waals surface area contributed by atoms with Crippen molar-refractivity contribution in [2.24, 2.45) is 0 Å². The third-order valence-electron chi connectivity index (χ3n) is 6.36. The first kappa shape index (κ1) is 26.1. The average molecular weight is 528 g/mol. The van der Waals surface area contributed by atoms with Gasteiger partial charge in [-0.1, -0.05) is 48.0 Å². The number of carbonyl (C=O) groups is 1. The second-order valence-corrected chi connectivity index (χ2v) is 12.5. The molecule has 0 unspecified atom stereocenters. The van der Waals surface area contributed by atoms with E-state index in [1.165, 1.54) is 6.20 Å². The quantitative estimate of drug-likeness (QED) is 0.415. The molecule has 7 nitrogen and oxygen atoms in total. The van der Waals surface area contributed by atoms with Crippen LogP contribution in [0.5, 0.6) is 0 Å². The minimum absolute atomic E-state index is 0.198. The van der Waals surface area contributed by atoms with E-state index >= 15 is 0 Å². The molecular weight excluding hydrogens is 498 g/mol. The van der Waals surface area contributed by atoms with Crippen LogP contribution < -0.4 is 0 Å². The van der Waals surface area contributed by atoms with Gasteiger partial charge in [-0.25, -0.2) is 23.2 Å². The molecule has 0 spiro atoms. The summed E-state index contributed by atoms with van der Waals surface area (Å²) >= 11 is 6.18. The van der Waals surface area contributed by atoms with Gasteiger partial charge in [0, 0.05) is 41.5 Å². The lowest BCUT2D eigenvalue weighted by atomic mass is 9.68. The third kappa shape index (κ3) is 5.71. The van der Waals surface area contributed by atoms with Crippen molar-refractivity contribution in [3.8, 4) is 11.3 Å². The zero-order valence-corrected chi connectivity index (χ0v) is 22.4. The van der Waals surface area contributed by atoms with Crippen LogP contribution in [0.15, 0.2) is 66.0 Å². The molecule has 0 radical (unpaired) electrons. The second-order valence-electron chi connectivity index (χ2n) is 10.1. The number of hydrogen-bond acceptors (Lipinski definition) is 6. The molecule has 0 atom stereocenters. The fourth-order valence-corrected chi connectivity index (χ4v) is 5.19. The van der Waals surface area contributed by atoms with Crippen LogP contribution in [0.2, 0.25) is 5.02 Å². The molecule has 9 heteroatoms. The van der Waals surface area contributed by atoms with Gasteiger partial charge in [-0.05, 0) is 62.9 Å². The van der Waals surface area contributed by atoms with Gasteiger partial charge in [-0.3, -0.25) is 0 Å². The molecule has 0 saturated carbocycles. The molecule has 0 aliphatic carbocycles. The maximum absolute atomic E-state index is 12.7. The first-order chi connectivity index (χ1) is 16.9. The molecule has 3 aromatic rings. The van der Waals surface area contributed by atoms with Crippen molar-refractivity contribution < 1.29 is 17.9 Å². The van der Waals surface area contributed by atoms with E-state index < -0.39 is 15.4 Å². The van der Waals surface area contributed by atoms with E-state index in [9.17, 15) is 13.2 Å². The van der Waals surface area contributed by atoms with Crippen molar-refractivity contribution in [2.45, 2.75) is 49.8 Å². The van der Waals surface area contributed by atoms with Crippen LogP contribution in [0.25, 0.3) is 11.3 Å². The number of amides is 1. The monoisotopic (exact) mass is 527 g/mol. The summed E-state index contributed by atoms with van der Waals surface area (Å²) in [6.07, 6.45) is 3.69. The number of hydrogen-bond donors (Lipinski definition) is 0. The van der Waals surface area contributed by atoms with Gasteiger partial charge in [0.25, 0.3) is 0 Å². The van der Waals surface area contributed by atoms with Crippen molar-refractivity contribution in [3.05, 3.63) is 76.9 Å². The van der Waals surface area contributed by atoms with Crippen molar-refractivity contribution >= 4 is 27.5 Å². The van der Waals surface area contributed by atoms with E-state index in [-0.39, 0.29) is 16.7 Å². The van der Waals surface area contributed by atoms with Gasteiger partial charge in [0.1, 0.15) is 5.60 Å². The summed E-state index contributed by atoms with van der Waals surface area (Å²) in [5, 5.41) is 0.470. The highest BCUT2D eigenvalue weighted by Crippen LogP contribution is 2.43. The number of likely N-dealkylation sites (tertiary alicyclic amines) is 1. The van der Waals surface area contributed by atoms with Crippen LogP contribution in [-0.4, -0.2) is 54.3 Å². The van der Waals surface area contributed by atoms with Crippen LogP contribution in [-0.2, 0) is 20.0 Å². The smallest absolute Gasteiger partial charge is 0.410 e. The second kappa shape index (κ2) is 9.82. The number of carbonyl (C=O) groups excluding carboxylic acids is 1. The first-order valence-electron chi connectivity index (χ1n) is 11.8. The van der Waals surface area contributed by atoms with E-state index in [1.807, 2.05) is 57.2 Å². The number of nitrogens with zero attached hydrogens (tertiary/aromatic N) is 3. The Morgan fingerprint density at radius 1 is 0.972 bits per heavy atom. The van der Waals surface area contributed by atoms with Crippen molar-refractivity contribution in [1.82, 2.24) is 14.9 Å². The van der Waals surface area contributed by atoms with E-state index in [4.69, 9.17) is 16.3 Å². The topological polar surface area (TPSA) is 89.5 Å². The van der Waals surface area contributed by atoms with Gasteiger partial charge < -0.3 is 9.64 Å².